The highest BCUT2D eigenvalue weighted by molar-refractivity contribution is 6.07. The van der Waals surface area contributed by atoms with Crippen LogP contribution in [0.1, 0.15) is 11.5 Å². The van der Waals surface area contributed by atoms with Crippen molar-refractivity contribution in [3.63, 3.8) is 0 Å². The van der Waals surface area contributed by atoms with Gasteiger partial charge >= 0.3 is 0 Å². The highest BCUT2D eigenvalue weighted by atomic mass is 16.3. The summed E-state index contributed by atoms with van der Waals surface area (Å²) in [5.41, 5.74) is 2.35. The van der Waals surface area contributed by atoms with Crippen LogP contribution in [0.2, 0.25) is 0 Å². The fraction of sp³-hybridized carbons (Fsp3) is 0.118. The number of aryl methyl sites for hydroxylation is 1. The number of fused-ring (bicyclic) bond motifs is 3. The van der Waals surface area contributed by atoms with E-state index in [0.29, 0.717) is 0 Å². The minimum absolute atomic E-state index is 0.726. The van der Waals surface area contributed by atoms with Gasteiger partial charge in [0.05, 0.1) is 18.3 Å². The molecule has 0 aliphatic heterocycles. The predicted molar refractivity (Wildman–Crippen MR) is 79.8 cm³/mol. The van der Waals surface area contributed by atoms with Crippen LogP contribution in [0.3, 0.4) is 0 Å². The molecule has 0 N–H and O–H groups in total. The Morgan fingerprint density at radius 2 is 1.85 bits per heavy atom. The minimum Gasteiger partial charge on any atom is -0.464 e. The average Bonchev–Trinajstić information content (AvgIpc) is 3.03. The van der Waals surface area contributed by atoms with E-state index in [9.17, 15) is 0 Å². The second-order valence-electron chi connectivity index (χ2n) is 5.01. The first-order valence-electron chi connectivity index (χ1n) is 6.69. The molecule has 3 aromatic heterocycles. The Hall–Kier alpha value is -2.55. The van der Waals surface area contributed by atoms with Gasteiger partial charge in [0.2, 0.25) is 0 Å². The number of para-hydroxylation sites is 1. The molecule has 0 amide bonds. The smallest absolute Gasteiger partial charge is 0.123 e. The van der Waals surface area contributed by atoms with Crippen molar-refractivity contribution >= 4 is 21.8 Å². The second-order valence-corrected chi connectivity index (χ2v) is 5.01. The van der Waals surface area contributed by atoms with Gasteiger partial charge in [0.15, 0.2) is 0 Å². The highest BCUT2D eigenvalue weighted by Gasteiger charge is 2.11. The normalized spacial score (nSPS) is 11.4. The molecule has 0 spiro atoms. The largest absolute Gasteiger partial charge is 0.464 e. The van der Waals surface area contributed by atoms with Gasteiger partial charge in [-0.15, -0.1) is 0 Å². The van der Waals surface area contributed by atoms with E-state index in [1.54, 1.807) is 0 Å². The van der Waals surface area contributed by atoms with Gasteiger partial charge < -0.3 is 8.98 Å². The van der Waals surface area contributed by atoms with Crippen LogP contribution in [0.15, 0.2) is 59.3 Å². The maximum absolute atomic E-state index is 5.71. The van der Waals surface area contributed by atoms with Crippen molar-refractivity contribution in [3.8, 4) is 0 Å². The summed E-state index contributed by atoms with van der Waals surface area (Å²) in [4.78, 5) is 4.26. The van der Waals surface area contributed by atoms with Gasteiger partial charge in [-0.3, -0.25) is 4.98 Å². The van der Waals surface area contributed by atoms with Crippen LogP contribution in [-0.4, -0.2) is 9.55 Å². The van der Waals surface area contributed by atoms with Gasteiger partial charge in [-0.05, 0) is 31.2 Å². The number of rotatable bonds is 2. The highest BCUT2D eigenvalue weighted by Crippen LogP contribution is 2.28. The average molecular weight is 262 g/mol. The number of nitrogens with zero attached hydrogens (tertiary/aromatic N) is 2. The molecule has 0 saturated carbocycles. The van der Waals surface area contributed by atoms with Gasteiger partial charge in [0.25, 0.3) is 0 Å². The SMILES string of the molecule is Cc1ccc(Cn2c3ccccc3c3ccncc32)o1. The Labute approximate surface area is 116 Å². The number of furan rings is 1. The van der Waals surface area contributed by atoms with Crippen LogP contribution in [0.25, 0.3) is 21.8 Å². The Bertz CT molecular complexity index is 848. The molecule has 0 atom stereocenters. The van der Waals surface area contributed by atoms with Crippen LogP contribution in [0, 0.1) is 6.92 Å². The van der Waals surface area contributed by atoms with E-state index in [0.717, 1.165) is 23.6 Å². The zero-order valence-electron chi connectivity index (χ0n) is 11.2. The third kappa shape index (κ3) is 1.63. The van der Waals surface area contributed by atoms with Gasteiger partial charge in [-0.1, -0.05) is 18.2 Å². The van der Waals surface area contributed by atoms with Gasteiger partial charge in [0.1, 0.15) is 11.5 Å². The summed E-state index contributed by atoms with van der Waals surface area (Å²) >= 11 is 0. The zero-order valence-corrected chi connectivity index (χ0v) is 11.2. The molecule has 20 heavy (non-hydrogen) atoms. The van der Waals surface area contributed by atoms with Crippen molar-refractivity contribution in [2.75, 3.05) is 0 Å². The fourth-order valence-electron chi connectivity index (χ4n) is 2.79. The summed E-state index contributed by atoms with van der Waals surface area (Å²) in [6, 6.07) is 14.5. The fourth-order valence-corrected chi connectivity index (χ4v) is 2.79. The molecule has 3 nitrogen and oxygen atoms in total. The third-order valence-corrected chi connectivity index (χ3v) is 3.69. The summed E-state index contributed by atoms with van der Waals surface area (Å²) in [6.07, 6.45) is 3.77. The number of hydrogen-bond acceptors (Lipinski definition) is 2. The lowest BCUT2D eigenvalue weighted by Crippen LogP contribution is -1.98. The molecule has 98 valence electrons. The molecule has 4 aromatic rings. The van der Waals surface area contributed by atoms with Crippen molar-refractivity contribution in [2.45, 2.75) is 13.5 Å². The maximum atomic E-state index is 5.71. The van der Waals surface area contributed by atoms with E-state index >= 15 is 0 Å². The Morgan fingerprint density at radius 3 is 2.70 bits per heavy atom. The number of benzene rings is 1. The standard InChI is InChI=1S/C17H14N2O/c1-12-6-7-13(20-12)11-19-16-5-3-2-4-14(16)15-8-9-18-10-17(15)19/h2-10H,11H2,1H3. The first kappa shape index (κ1) is 11.3. The summed E-state index contributed by atoms with van der Waals surface area (Å²) < 4.78 is 7.97. The summed E-state index contributed by atoms with van der Waals surface area (Å²) in [6.45, 7) is 2.69. The van der Waals surface area contributed by atoms with E-state index in [2.05, 4.69) is 39.9 Å². The van der Waals surface area contributed by atoms with Crippen molar-refractivity contribution < 1.29 is 4.42 Å². The Balaban J connectivity index is 2.00. The van der Waals surface area contributed by atoms with Crippen LogP contribution >= 0.6 is 0 Å². The molecule has 0 bridgehead atoms. The molecular weight excluding hydrogens is 248 g/mol. The van der Waals surface area contributed by atoms with E-state index in [4.69, 9.17) is 4.42 Å². The molecule has 1 aromatic carbocycles. The van der Waals surface area contributed by atoms with Gasteiger partial charge in [0, 0.05) is 22.5 Å². The van der Waals surface area contributed by atoms with Crippen LogP contribution in [-0.2, 0) is 6.54 Å². The number of hydrogen-bond donors (Lipinski definition) is 0. The molecular formula is C17H14N2O. The molecule has 0 saturated heterocycles. The summed E-state index contributed by atoms with van der Waals surface area (Å²) in [5, 5.41) is 2.49. The Morgan fingerprint density at radius 1 is 1.00 bits per heavy atom. The van der Waals surface area contributed by atoms with Crippen molar-refractivity contribution in [1.29, 1.82) is 0 Å². The third-order valence-electron chi connectivity index (χ3n) is 3.69. The van der Waals surface area contributed by atoms with E-state index in [1.807, 2.05) is 31.5 Å². The van der Waals surface area contributed by atoms with Gasteiger partial charge in [-0.25, -0.2) is 0 Å². The first-order chi connectivity index (χ1) is 9.83. The minimum atomic E-state index is 0.726. The molecule has 4 rings (SSSR count). The summed E-state index contributed by atoms with van der Waals surface area (Å²) in [5.74, 6) is 1.91. The van der Waals surface area contributed by atoms with E-state index in [-0.39, 0.29) is 0 Å². The number of aromatic nitrogens is 2. The van der Waals surface area contributed by atoms with Crippen LogP contribution in [0.4, 0.5) is 0 Å². The van der Waals surface area contributed by atoms with Crippen molar-refractivity contribution in [3.05, 3.63) is 66.4 Å². The second kappa shape index (κ2) is 4.23. The van der Waals surface area contributed by atoms with Crippen molar-refractivity contribution in [1.82, 2.24) is 9.55 Å². The molecule has 0 aliphatic rings. The number of pyridine rings is 1. The first-order valence-corrected chi connectivity index (χ1v) is 6.69. The topological polar surface area (TPSA) is 31.0 Å². The molecule has 0 fully saturated rings. The predicted octanol–water partition coefficient (Wildman–Crippen LogP) is 4.14. The van der Waals surface area contributed by atoms with Crippen LogP contribution < -0.4 is 0 Å². The Kier molecular flexibility index (Phi) is 2.39. The summed E-state index contributed by atoms with van der Waals surface area (Å²) in [7, 11) is 0. The lowest BCUT2D eigenvalue weighted by Gasteiger charge is -2.04. The zero-order chi connectivity index (χ0) is 13.5. The monoisotopic (exact) mass is 262 g/mol. The van der Waals surface area contributed by atoms with Crippen molar-refractivity contribution in [2.24, 2.45) is 0 Å². The molecule has 0 radical (unpaired) electrons. The quantitative estimate of drug-likeness (QED) is 0.543. The maximum Gasteiger partial charge on any atom is 0.123 e. The van der Waals surface area contributed by atoms with E-state index < -0.39 is 0 Å². The van der Waals surface area contributed by atoms with E-state index in [1.165, 1.54) is 16.3 Å². The molecule has 3 heteroatoms. The molecule has 3 heterocycles. The van der Waals surface area contributed by atoms with Gasteiger partial charge in [-0.2, -0.15) is 0 Å². The van der Waals surface area contributed by atoms with Crippen LogP contribution in [0.5, 0.6) is 0 Å². The molecule has 0 aliphatic carbocycles. The lowest BCUT2D eigenvalue weighted by atomic mass is 10.2. The molecule has 0 unspecified atom stereocenters. The lowest BCUT2D eigenvalue weighted by molar-refractivity contribution is 0.475.